The van der Waals surface area contributed by atoms with Gasteiger partial charge < -0.3 is 9.30 Å². The van der Waals surface area contributed by atoms with E-state index in [0.717, 1.165) is 0 Å². The number of anilines is 1. The molecule has 0 bridgehead atoms. The lowest BCUT2D eigenvalue weighted by Gasteiger charge is -2.14. The number of halogens is 1. The lowest BCUT2D eigenvalue weighted by atomic mass is 10.0. The Balaban J connectivity index is 1.91. The topological polar surface area (TPSA) is 69.0 Å². The Morgan fingerprint density at radius 3 is 2.93 bits per heavy atom. The van der Waals surface area contributed by atoms with E-state index in [-0.39, 0.29) is 5.56 Å². The highest BCUT2D eigenvalue weighted by molar-refractivity contribution is 7.99. The Labute approximate surface area is 159 Å². The molecule has 0 radical (unpaired) electrons. The van der Waals surface area contributed by atoms with Crippen molar-refractivity contribution in [3.05, 3.63) is 46.8 Å². The van der Waals surface area contributed by atoms with Crippen LogP contribution < -0.4 is 15.0 Å². The van der Waals surface area contributed by atoms with E-state index in [1.165, 1.54) is 41.5 Å². The molecule has 1 N–H and O–H groups in total. The summed E-state index contributed by atoms with van der Waals surface area (Å²) in [6, 6.07) is 4.21. The van der Waals surface area contributed by atoms with E-state index in [1.807, 2.05) is 6.26 Å². The van der Waals surface area contributed by atoms with Crippen molar-refractivity contribution < 1.29 is 9.13 Å². The molecule has 2 aromatic heterocycles. The van der Waals surface area contributed by atoms with E-state index in [9.17, 15) is 9.18 Å². The molecule has 1 aliphatic rings. The van der Waals surface area contributed by atoms with Gasteiger partial charge in [0.15, 0.2) is 5.75 Å². The predicted octanol–water partition coefficient (Wildman–Crippen LogP) is 3.61. The summed E-state index contributed by atoms with van der Waals surface area (Å²) in [6.07, 6.45) is 7.57. The van der Waals surface area contributed by atoms with Crippen LogP contribution >= 0.6 is 11.9 Å². The highest BCUT2D eigenvalue weighted by Crippen LogP contribution is 2.35. The average molecular weight is 386 g/mol. The molecular weight excluding hydrogens is 367 g/mol. The summed E-state index contributed by atoms with van der Waals surface area (Å²) in [5, 5.41) is 0.936. The third kappa shape index (κ3) is 3.62. The maximum Gasteiger partial charge on any atom is 0.258 e. The Hall–Kier alpha value is -2.61. The van der Waals surface area contributed by atoms with Gasteiger partial charge in [-0.2, -0.15) is 0 Å². The number of hydrogen-bond acceptors (Lipinski definition) is 6. The highest BCUT2D eigenvalue weighted by atomic mass is 32.2. The van der Waals surface area contributed by atoms with Crippen molar-refractivity contribution in [2.75, 3.05) is 17.6 Å². The van der Waals surface area contributed by atoms with Crippen LogP contribution in [0.1, 0.15) is 12.8 Å². The van der Waals surface area contributed by atoms with Gasteiger partial charge >= 0.3 is 0 Å². The van der Waals surface area contributed by atoms with E-state index >= 15 is 0 Å². The molecule has 2 heterocycles. The molecule has 1 fully saturated rings. The van der Waals surface area contributed by atoms with Crippen LogP contribution in [0.15, 0.2) is 35.4 Å². The summed E-state index contributed by atoms with van der Waals surface area (Å²) in [7, 11) is 1.64. The van der Waals surface area contributed by atoms with Crippen molar-refractivity contribution >= 4 is 28.7 Å². The fraction of sp³-hybridized carbons (Fsp3) is 0.316. The lowest BCUT2D eigenvalue weighted by Crippen LogP contribution is -2.17. The molecule has 4 rings (SSSR count). The molecule has 3 aromatic rings. The first-order chi connectivity index (χ1) is 13.1. The normalized spacial score (nSPS) is 13.7. The molecule has 140 valence electrons. The van der Waals surface area contributed by atoms with Gasteiger partial charge in [0.1, 0.15) is 11.5 Å². The first-order valence-electron chi connectivity index (χ1n) is 8.65. The molecule has 0 saturated heterocycles. The second-order valence-corrected chi connectivity index (χ2v) is 7.23. The van der Waals surface area contributed by atoms with Crippen LogP contribution in [0.25, 0.3) is 22.0 Å². The van der Waals surface area contributed by atoms with Crippen molar-refractivity contribution in [1.82, 2.24) is 14.5 Å². The van der Waals surface area contributed by atoms with Crippen LogP contribution in [0.2, 0.25) is 0 Å². The molecule has 1 aliphatic carbocycles. The van der Waals surface area contributed by atoms with Gasteiger partial charge in [-0.15, -0.1) is 0 Å². The van der Waals surface area contributed by atoms with Crippen molar-refractivity contribution in [2.24, 2.45) is 13.0 Å². The maximum atomic E-state index is 13.7. The number of benzene rings is 1. The molecule has 1 saturated carbocycles. The molecular formula is C19H19FN4O2S. The van der Waals surface area contributed by atoms with Gasteiger partial charge in [0.2, 0.25) is 5.95 Å². The maximum absolute atomic E-state index is 13.7. The monoisotopic (exact) mass is 386 g/mol. The summed E-state index contributed by atoms with van der Waals surface area (Å²) >= 11 is 1.38. The minimum Gasteiger partial charge on any atom is -0.489 e. The lowest BCUT2D eigenvalue weighted by molar-refractivity contribution is 0.299. The van der Waals surface area contributed by atoms with Crippen LogP contribution in [-0.2, 0) is 7.05 Å². The zero-order chi connectivity index (χ0) is 19.0. The first kappa shape index (κ1) is 17.8. The van der Waals surface area contributed by atoms with Gasteiger partial charge in [0.25, 0.3) is 5.56 Å². The number of fused-ring (bicyclic) bond motifs is 1. The Morgan fingerprint density at radius 1 is 1.37 bits per heavy atom. The van der Waals surface area contributed by atoms with Crippen molar-refractivity contribution in [2.45, 2.75) is 12.8 Å². The Morgan fingerprint density at radius 2 is 2.19 bits per heavy atom. The van der Waals surface area contributed by atoms with Gasteiger partial charge in [0.05, 0.1) is 18.2 Å². The molecule has 0 aliphatic heterocycles. The number of ether oxygens (including phenoxy) is 1. The summed E-state index contributed by atoms with van der Waals surface area (Å²) in [5.74, 6) is 1.13. The van der Waals surface area contributed by atoms with E-state index in [4.69, 9.17) is 4.74 Å². The second-order valence-electron chi connectivity index (χ2n) is 6.62. The van der Waals surface area contributed by atoms with Crippen LogP contribution in [0.3, 0.4) is 0 Å². The third-order valence-corrected chi connectivity index (χ3v) is 4.91. The summed E-state index contributed by atoms with van der Waals surface area (Å²) in [5.41, 5.74) is 1.02. The van der Waals surface area contributed by atoms with Crippen molar-refractivity contribution in [3.8, 4) is 17.0 Å². The number of nitrogens with one attached hydrogen (secondary N) is 1. The first-order valence-corrected chi connectivity index (χ1v) is 9.87. The predicted molar refractivity (Wildman–Crippen MR) is 106 cm³/mol. The molecule has 0 spiro atoms. The minimum atomic E-state index is -0.450. The summed E-state index contributed by atoms with van der Waals surface area (Å²) in [6.45, 7) is 0.615. The van der Waals surface area contributed by atoms with E-state index in [1.54, 1.807) is 25.5 Å². The number of rotatable bonds is 6. The van der Waals surface area contributed by atoms with Gasteiger partial charge in [-0.05, 0) is 36.3 Å². The third-order valence-electron chi connectivity index (χ3n) is 4.52. The Kier molecular flexibility index (Phi) is 4.73. The summed E-state index contributed by atoms with van der Waals surface area (Å²) in [4.78, 5) is 21.3. The molecule has 0 amide bonds. The van der Waals surface area contributed by atoms with Crippen molar-refractivity contribution in [1.29, 1.82) is 0 Å². The Bertz CT molecular complexity index is 1070. The van der Waals surface area contributed by atoms with E-state index in [0.29, 0.717) is 46.3 Å². The number of hydrogen-bond donors (Lipinski definition) is 1. The van der Waals surface area contributed by atoms with Gasteiger partial charge in [-0.1, -0.05) is 18.0 Å². The van der Waals surface area contributed by atoms with Gasteiger partial charge in [-0.25, -0.2) is 14.4 Å². The number of aryl methyl sites for hydroxylation is 1. The van der Waals surface area contributed by atoms with Gasteiger partial charge in [-0.3, -0.25) is 9.52 Å². The largest absolute Gasteiger partial charge is 0.489 e. The molecule has 27 heavy (non-hydrogen) atoms. The highest BCUT2D eigenvalue weighted by Gasteiger charge is 2.24. The standard InChI is InChI=1S/C19H19FN4O2S/c1-24-9-15(13-6-5-12(20)7-14(13)18(24)25)17-16(26-10-11-3-4-11)8-21-19(22-17)23-27-2/h5-9,11H,3-4,10H2,1-2H3,(H,21,22,23). The molecule has 8 heteroatoms. The molecule has 6 nitrogen and oxygen atoms in total. The fourth-order valence-corrected chi connectivity index (χ4v) is 3.21. The SMILES string of the molecule is CSNc1ncc(OCC2CC2)c(-c2cn(C)c(=O)c3cc(F)ccc23)n1. The minimum absolute atomic E-state index is 0.259. The molecule has 1 aromatic carbocycles. The van der Waals surface area contributed by atoms with Gasteiger partial charge in [0, 0.05) is 25.1 Å². The zero-order valence-corrected chi connectivity index (χ0v) is 15.8. The average Bonchev–Trinajstić information content (AvgIpc) is 3.48. The van der Waals surface area contributed by atoms with Crippen LogP contribution in [0, 0.1) is 11.7 Å². The summed E-state index contributed by atoms with van der Waals surface area (Å²) < 4.78 is 24.2. The van der Waals surface area contributed by atoms with Crippen LogP contribution in [0.5, 0.6) is 5.75 Å². The smallest absolute Gasteiger partial charge is 0.258 e. The van der Waals surface area contributed by atoms with Crippen LogP contribution in [-0.4, -0.2) is 27.4 Å². The molecule has 0 unspecified atom stereocenters. The zero-order valence-electron chi connectivity index (χ0n) is 15.0. The number of nitrogens with zero attached hydrogens (tertiary/aromatic N) is 3. The molecule has 0 atom stereocenters. The number of aromatic nitrogens is 3. The van der Waals surface area contributed by atoms with E-state index < -0.39 is 5.82 Å². The van der Waals surface area contributed by atoms with E-state index in [2.05, 4.69) is 14.7 Å². The number of pyridine rings is 1. The van der Waals surface area contributed by atoms with Crippen LogP contribution in [0.4, 0.5) is 10.3 Å². The quantitative estimate of drug-likeness (QED) is 0.653. The van der Waals surface area contributed by atoms with Crippen molar-refractivity contribution in [3.63, 3.8) is 0 Å². The second kappa shape index (κ2) is 7.19. The fourth-order valence-electron chi connectivity index (χ4n) is 2.93.